The second-order valence-corrected chi connectivity index (χ2v) is 6.93. The fourth-order valence-corrected chi connectivity index (χ4v) is 3.37. The van der Waals surface area contributed by atoms with Gasteiger partial charge in [-0.2, -0.15) is 5.10 Å². The Kier molecular flexibility index (Phi) is 4.61. The summed E-state index contributed by atoms with van der Waals surface area (Å²) in [5.74, 6) is 0.684. The number of carbonyl (C=O) groups is 1. The highest BCUT2D eigenvalue weighted by atomic mass is 16.1. The Labute approximate surface area is 163 Å². The van der Waals surface area contributed by atoms with Crippen LogP contribution in [0.3, 0.4) is 0 Å². The summed E-state index contributed by atoms with van der Waals surface area (Å²) in [7, 11) is 0. The van der Waals surface area contributed by atoms with E-state index in [-0.39, 0.29) is 11.7 Å². The standard InChI is InChI=1S/C22H21N5O/c1-14(16-6-4-3-5-7-16)12-27-22-19(21(23)24-13-25-22)20(26-27)18-10-8-17(9-11-18)15(2)28/h3-11,13-14H,12H2,1-2H3,(H2,23,24,25). The molecular weight excluding hydrogens is 350 g/mol. The van der Waals surface area contributed by atoms with Crippen LogP contribution in [0.15, 0.2) is 60.9 Å². The number of nitrogens with two attached hydrogens (primary N) is 1. The van der Waals surface area contributed by atoms with E-state index >= 15 is 0 Å². The molecule has 2 N–H and O–H groups in total. The summed E-state index contributed by atoms with van der Waals surface area (Å²) in [6.45, 7) is 4.38. The Balaban J connectivity index is 1.79. The van der Waals surface area contributed by atoms with Crippen molar-refractivity contribution in [2.75, 3.05) is 5.73 Å². The van der Waals surface area contributed by atoms with Crippen molar-refractivity contribution in [1.29, 1.82) is 0 Å². The number of hydrogen-bond donors (Lipinski definition) is 1. The number of rotatable bonds is 5. The number of benzene rings is 2. The predicted octanol–water partition coefficient (Wildman–Crippen LogP) is 4.08. The van der Waals surface area contributed by atoms with E-state index in [0.29, 0.717) is 23.6 Å². The number of aromatic nitrogens is 4. The Morgan fingerprint density at radius 2 is 1.79 bits per heavy atom. The minimum atomic E-state index is 0.0291. The highest BCUT2D eigenvalue weighted by molar-refractivity contribution is 5.99. The number of nitrogens with zero attached hydrogens (tertiary/aromatic N) is 4. The number of fused-ring (bicyclic) bond motifs is 1. The Bertz CT molecular complexity index is 1130. The van der Waals surface area contributed by atoms with Gasteiger partial charge in [-0.15, -0.1) is 0 Å². The molecular formula is C22H21N5O. The summed E-state index contributed by atoms with van der Waals surface area (Å²) in [5.41, 5.74) is 10.4. The highest BCUT2D eigenvalue weighted by Gasteiger charge is 2.19. The van der Waals surface area contributed by atoms with Crippen LogP contribution in [0.5, 0.6) is 0 Å². The number of carbonyl (C=O) groups excluding carboxylic acids is 1. The van der Waals surface area contributed by atoms with E-state index in [2.05, 4.69) is 29.0 Å². The van der Waals surface area contributed by atoms with E-state index in [4.69, 9.17) is 10.8 Å². The molecule has 0 spiro atoms. The molecule has 28 heavy (non-hydrogen) atoms. The van der Waals surface area contributed by atoms with Crippen LogP contribution in [0.1, 0.15) is 35.7 Å². The second-order valence-electron chi connectivity index (χ2n) is 6.93. The molecule has 0 bridgehead atoms. The van der Waals surface area contributed by atoms with Crippen LogP contribution in [0.4, 0.5) is 5.82 Å². The second kappa shape index (κ2) is 7.23. The molecule has 0 radical (unpaired) electrons. The molecule has 0 aliphatic carbocycles. The van der Waals surface area contributed by atoms with E-state index in [9.17, 15) is 4.79 Å². The van der Waals surface area contributed by atoms with E-state index in [1.54, 1.807) is 19.1 Å². The van der Waals surface area contributed by atoms with Crippen molar-refractivity contribution < 1.29 is 4.79 Å². The van der Waals surface area contributed by atoms with Gasteiger partial charge in [-0.25, -0.2) is 14.6 Å². The number of anilines is 1. The zero-order valence-corrected chi connectivity index (χ0v) is 15.8. The third-order valence-corrected chi connectivity index (χ3v) is 4.94. The first-order chi connectivity index (χ1) is 13.5. The van der Waals surface area contributed by atoms with Gasteiger partial charge in [-0.05, 0) is 12.5 Å². The maximum atomic E-state index is 11.6. The van der Waals surface area contributed by atoms with Gasteiger partial charge >= 0.3 is 0 Å². The third kappa shape index (κ3) is 3.24. The lowest BCUT2D eigenvalue weighted by Crippen LogP contribution is -2.08. The molecule has 0 amide bonds. The fraction of sp³-hybridized carbons (Fsp3) is 0.182. The number of nitrogen functional groups attached to an aromatic ring is 1. The normalized spacial score (nSPS) is 12.2. The molecule has 1 unspecified atom stereocenters. The van der Waals surface area contributed by atoms with Crippen molar-refractivity contribution in [2.45, 2.75) is 26.3 Å². The van der Waals surface area contributed by atoms with Crippen LogP contribution < -0.4 is 5.73 Å². The SMILES string of the molecule is CC(=O)c1ccc(-c2nn(CC(C)c3ccccc3)c3ncnc(N)c23)cc1. The van der Waals surface area contributed by atoms with Gasteiger partial charge in [0.2, 0.25) is 0 Å². The Hall–Kier alpha value is -3.54. The lowest BCUT2D eigenvalue weighted by Gasteiger charge is -2.12. The summed E-state index contributed by atoms with van der Waals surface area (Å²) in [6.07, 6.45) is 1.46. The summed E-state index contributed by atoms with van der Waals surface area (Å²) < 4.78 is 1.89. The summed E-state index contributed by atoms with van der Waals surface area (Å²) in [4.78, 5) is 20.1. The molecule has 0 aliphatic heterocycles. The molecule has 0 saturated heterocycles. The molecule has 1 atom stereocenters. The van der Waals surface area contributed by atoms with Crippen molar-refractivity contribution in [3.05, 3.63) is 72.1 Å². The first-order valence-corrected chi connectivity index (χ1v) is 9.18. The number of hydrogen-bond acceptors (Lipinski definition) is 5. The maximum Gasteiger partial charge on any atom is 0.163 e. The molecule has 0 fully saturated rings. The van der Waals surface area contributed by atoms with Crippen LogP contribution >= 0.6 is 0 Å². The molecule has 6 nitrogen and oxygen atoms in total. The van der Waals surface area contributed by atoms with E-state index in [1.165, 1.54) is 11.9 Å². The molecule has 2 aromatic carbocycles. The van der Waals surface area contributed by atoms with Crippen molar-refractivity contribution >= 4 is 22.6 Å². The van der Waals surface area contributed by atoms with Crippen LogP contribution in [0, 0.1) is 0 Å². The van der Waals surface area contributed by atoms with Gasteiger partial charge in [-0.1, -0.05) is 61.5 Å². The summed E-state index contributed by atoms with van der Waals surface area (Å²) >= 11 is 0. The van der Waals surface area contributed by atoms with Crippen LogP contribution in [-0.4, -0.2) is 25.5 Å². The first kappa shape index (κ1) is 17.9. The largest absolute Gasteiger partial charge is 0.383 e. The number of Topliss-reactive ketones (excluding diaryl/α,β-unsaturated/α-hetero) is 1. The highest BCUT2D eigenvalue weighted by Crippen LogP contribution is 2.31. The molecule has 0 aliphatic rings. The van der Waals surface area contributed by atoms with Crippen molar-refractivity contribution in [1.82, 2.24) is 19.7 Å². The molecule has 0 saturated carbocycles. The van der Waals surface area contributed by atoms with Gasteiger partial charge in [0.05, 0.1) is 5.39 Å². The Morgan fingerprint density at radius 1 is 1.07 bits per heavy atom. The van der Waals surface area contributed by atoms with Crippen LogP contribution in [0.25, 0.3) is 22.3 Å². The van der Waals surface area contributed by atoms with Crippen LogP contribution in [0.2, 0.25) is 0 Å². The zero-order valence-electron chi connectivity index (χ0n) is 15.8. The summed E-state index contributed by atoms with van der Waals surface area (Å²) in [6, 6.07) is 17.7. The van der Waals surface area contributed by atoms with Gasteiger partial charge in [0.15, 0.2) is 11.4 Å². The molecule has 4 rings (SSSR count). The molecule has 140 valence electrons. The van der Waals surface area contributed by atoms with Gasteiger partial charge in [-0.3, -0.25) is 4.79 Å². The van der Waals surface area contributed by atoms with E-state index < -0.39 is 0 Å². The monoisotopic (exact) mass is 371 g/mol. The van der Waals surface area contributed by atoms with Crippen molar-refractivity contribution in [2.24, 2.45) is 0 Å². The van der Waals surface area contributed by atoms with Crippen LogP contribution in [-0.2, 0) is 6.54 Å². The van der Waals surface area contributed by atoms with Gasteiger partial charge in [0.25, 0.3) is 0 Å². The lowest BCUT2D eigenvalue weighted by atomic mass is 10.0. The molecule has 2 aromatic heterocycles. The smallest absolute Gasteiger partial charge is 0.163 e. The molecule has 6 heteroatoms. The van der Waals surface area contributed by atoms with E-state index in [0.717, 1.165) is 16.6 Å². The average molecular weight is 371 g/mol. The Morgan fingerprint density at radius 3 is 2.46 bits per heavy atom. The van der Waals surface area contributed by atoms with Crippen molar-refractivity contribution in [3.8, 4) is 11.3 Å². The van der Waals surface area contributed by atoms with Crippen molar-refractivity contribution in [3.63, 3.8) is 0 Å². The zero-order chi connectivity index (χ0) is 19.7. The third-order valence-electron chi connectivity index (χ3n) is 4.94. The van der Waals surface area contributed by atoms with Gasteiger partial charge < -0.3 is 5.73 Å². The van der Waals surface area contributed by atoms with Gasteiger partial charge in [0.1, 0.15) is 17.8 Å². The minimum absolute atomic E-state index is 0.0291. The minimum Gasteiger partial charge on any atom is -0.383 e. The molecule has 2 heterocycles. The topological polar surface area (TPSA) is 86.7 Å². The lowest BCUT2D eigenvalue weighted by molar-refractivity contribution is 0.101. The quantitative estimate of drug-likeness (QED) is 0.534. The van der Waals surface area contributed by atoms with Gasteiger partial charge in [0, 0.05) is 23.6 Å². The molecule has 4 aromatic rings. The summed E-state index contributed by atoms with van der Waals surface area (Å²) in [5, 5.41) is 5.54. The number of ketones is 1. The maximum absolute atomic E-state index is 11.6. The first-order valence-electron chi connectivity index (χ1n) is 9.18. The average Bonchev–Trinajstić information content (AvgIpc) is 3.08. The predicted molar refractivity (Wildman–Crippen MR) is 110 cm³/mol. The fourth-order valence-electron chi connectivity index (χ4n) is 3.37. The van der Waals surface area contributed by atoms with E-state index in [1.807, 2.05) is 35.0 Å².